The molecule has 1 aromatic heterocycles. The van der Waals surface area contributed by atoms with E-state index in [-0.39, 0.29) is 12.5 Å². The van der Waals surface area contributed by atoms with E-state index in [2.05, 4.69) is 10.3 Å². The summed E-state index contributed by atoms with van der Waals surface area (Å²) in [6.45, 7) is 0.551. The number of benzene rings is 1. The Hall–Kier alpha value is -2.20. The van der Waals surface area contributed by atoms with Gasteiger partial charge in [-0.05, 0) is 29.2 Å². The van der Waals surface area contributed by atoms with Gasteiger partial charge in [-0.15, -0.1) is 0 Å². The average molecular weight is 270 g/mol. The average Bonchev–Trinajstić information content (AvgIpc) is 2.52. The van der Waals surface area contributed by atoms with E-state index in [1.54, 1.807) is 12.4 Å². The second-order valence-corrected chi connectivity index (χ2v) is 4.61. The van der Waals surface area contributed by atoms with E-state index in [1.807, 2.05) is 36.4 Å². The highest BCUT2D eigenvalue weighted by Gasteiger charge is 2.02. The Morgan fingerprint density at radius 1 is 1.10 bits per heavy atom. The summed E-state index contributed by atoms with van der Waals surface area (Å²) in [5.74, 6) is 0.0279. The molecule has 0 saturated carbocycles. The lowest BCUT2D eigenvalue weighted by atomic mass is 10.1. The van der Waals surface area contributed by atoms with Crippen LogP contribution in [0.15, 0.2) is 48.8 Å². The summed E-state index contributed by atoms with van der Waals surface area (Å²) in [4.78, 5) is 15.8. The van der Waals surface area contributed by atoms with E-state index in [0.29, 0.717) is 19.4 Å². The van der Waals surface area contributed by atoms with Crippen molar-refractivity contribution in [1.29, 1.82) is 0 Å². The standard InChI is InChI=1S/C16H18N2O2/c19-12-15-5-3-14(4-6-15)11-18-16(20)8-7-13-2-1-9-17-10-13/h1-6,9-10,19H,7-8,11-12H2,(H,18,20). The normalized spacial score (nSPS) is 10.2. The van der Waals surface area contributed by atoms with Gasteiger partial charge in [-0.2, -0.15) is 0 Å². The molecular weight excluding hydrogens is 252 g/mol. The maximum absolute atomic E-state index is 11.7. The zero-order chi connectivity index (χ0) is 14.2. The predicted octanol–water partition coefficient (Wildman–Crippen LogP) is 1.82. The molecule has 0 fully saturated rings. The van der Waals surface area contributed by atoms with Crippen LogP contribution < -0.4 is 5.32 Å². The van der Waals surface area contributed by atoms with Gasteiger partial charge in [0.1, 0.15) is 0 Å². The Bertz CT molecular complexity index is 538. The van der Waals surface area contributed by atoms with Crippen molar-refractivity contribution in [1.82, 2.24) is 10.3 Å². The van der Waals surface area contributed by atoms with Gasteiger partial charge in [0.25, 0.3) is 0 Å². The van der Waals surface area contributed by atoms with Crippen LogP contribution >= 0.6 is 0 Å². The van der Waals surface area contributed by atoms with Gasteiger partial charge >= 0.3 is 0 Å². The smallest absolute Gasteiger partial charge is 0.220 e. The van der Waals surface area contributed by atoms with Crippen molar-refractivity contribution in [3.8, 4) is 0 Å². The fraction of sp³-hybridized carbons (Fsp3) is 0.250. The third-order valence-corrected chi connectivity index (χ3v) is 3.06. The van der Waals surface area contributed by atoms with Crippen molar-refractivity contribution in [3.63, 3.8) is 0 Å². The molecule has 4 nitrogen and oxygen atoms in total. The van der Waals surface area contributed by atoms with E-state index in [4.69, 9.17) is 5.11 Å². The molecule has 0 saturated heterocycles. The molecule has 4 heteroatoms. The van der Waals surface area contributed by atoms with Gasteiger partial charge in [0, 0.05) is 25.4 Å². The number of nitrogens with zero attached hydrogens (tertiary/aromatic N) is 1. The molecule has 0 unspecified atom stereocenters. The van der Waals surface area contributed by atoms with E-state index in [0.717, 1.165) is 16.7 Å². The van der Waals surface area contributed by atoms with Gasteiger partial charge in [-0.25, -0.2) is 0 Å². The van der Waals surface area contributed by atoms with Crippen molar-refractivity contribution in [2.75, 3.05) is 0 Å². The van der Waals surface area contributed by atoms with Crippen molar-refractivity contribution in [2.45, 2.75) is 26.0 Å². The van der Waals surface area contributed by atoms with Gasteiger partial charge in [-0.1, -0.05) is 30.3 Å². The fourth-order valence-corrected chi connectivity index (χ4v) is 1.86. The number of aliphatic hydroxyl groups is 1. The highest BCUT2D eigenvalue weighted by molar-refractivity contribution is 5.76. The number of aryl methyl sites for hydroxylation is 1. The Balaban J connectivity index is 1.74. The van der Waals surface area contributed by atoms with E-state index in [9.17, 15) is 4.79 Å². The summed E-state index contributed by atoms with van der Waals surface area (Å²) in [6.07, 6.45) is 4.66. The number of carbonyl (C=O) groups is 1. The van der Waals surface area contributed by atoms with Gasteiger partial charge in [0.15, 0.2) is 0 Å². The Kier molecular flexibility index (Phi) is 5.26. The number of aliphatic hydroxyl groups excluding tert-OH is 1. The van der Waals surface area contributed by atoms with Crippen LogP contribution in [0.1, 0.15) is 23.1 Å². The summed E-state index contributed by atoms with van der Waals surface area (Å²) in [6, 6.07) is 11.4. The lowest BCUT2D eigenvalue weighted by Crippen LogP contribution is -2.23. The summed E-state index contributed by atoms with van der Waals surface area (Å²) < 4.78 is 0. The summed E-state index contributed by atoms with van der Waals surface area (Å²) in [5, 5.41) is 11.8. The molecule has 0 aliphatic carbocycles. The molecule has 104 valence electrons. The van der Waals surface area contributed by atoms with E-state index >= 15 is 0 Å². The summed E-state index contributed by atoms with van der Waals surface area (Å²) in [7, 11) is 0. The molecule has 1 amide bonds. The number of rotatable bonds is 6. The first-order valence-corrected chi connectivity index (χ1v) is 6.62. The number of pyridine rings is 1. The molecule has 0 aliphatic rings. The van der Waals surface area contributed by atoms with E-state index in [1.165, 1.54) is 0 Å². The van der Waals surface area contributed by atoms with Crippen LogP contribution in [0.3, 0.4) is 0 Å². The molecule has 2 rings (SSSR count). The minimum atomic E-state index is 0.0279. The van der Waals surface area contributed by atoms with Crippen LogP contribution in [-0.4, -0.2) is 16.0 Å². The molecule has 1 heterocycles. The lowest BCUT2D eigenvalue weighted by Gasteiger charge is -2.06. The first-order chi connectivity index (χ1) is 9.78. The molecule has 2 N–H and O–H groups in total. The molecular formula is C16H18N2O2. The Labute approximate surface area is 118 Å². The highest BCUT2D eigenvalue weighted by atomic mass is 16.3. The maximum Gasteiger partial charge on any atom is 0.220 e. The molecule has 2 aromatic rings. The minimum absolute atomic E-state index is 0.0279. The quantitative estimate of drug-likeness (QED) is 0.841. The van der Waals surface area contributed by atoms with E-state index < -0.39 is 0 Å². The predicted molar refractivity (Wildman–Crippen MR) is 76.8 cm³/mol. The molecule has 0 atom stereocenters. The van der Waals surface area contributed by atoms with Gasteiger partial charge < -0.3 is 10.4 Å². The molecule has 0 bridgehead atoms. The first kappa shape index (κ1) is 14.2. The van der Waals surface area contributed by atoms with Gasteiger partial charge in [0.2, 0.25) is 5.91 Å². The van der Waals surface area contributed by atoms with Crippen LogP contribution in [0.4, 0.5) is 0 Å². The fourth-order valence-electron chi connectivity index (χ4n) is 1.86. The maximum atomic E-state index is 11.7. The summed E-state index contributed by atoms with van der Waals surface area (Å²) >= 11 is 0. The third-order valence-electron chi connectivity index (χ3n) is 3.06. The molecule has 20 heavy (non-hydrogen) atoms. The molecule has 0 radical (unpaired) electrons. The molecule has 1 aromatic carbocycles. The van der Waals surface area contributed by atoms with Crippen molar-refractivity contribution < 1.29 is 9.90 Å². The van der Waals surface area contributed by atoms with Crippen molar-refractivity contribution >= 4 is 5.91 Å². The molecule has 0 aliphatic heterocycles. The van der Waals surface area contributed by atoms with Crippen molar-refractivity contribution in [2.24, 2.45) is 0 Å². The summed E-state index contributed by atoms with van der Waals surface area (Å²) in [5.41, 5.74) is 2.96. The van der Waals surface area contributed by atoms with Crippen molar-refractivity contribution in [3.05, 3.63) is 65.5 Å². The second-order valence-electron chi connectivity index (χ2n) is 4.61. The van der Waals surface area contributed by atoms with Crippen LogP contribution in [0.25, 0.3) is 0 Å². The second kappa shape index (κ2) is 7.40. The number of nitrogens with one attached hydrogen (secondary N) is 1. The number of carbonyl (C=O) groups excluding carboxylic acids is 1. The first-order valence-electron chi connectivity index (χ1n) is 6.62. The zero-order valence-corrected chi connectivity index (χ0v) is 11.2. The topological polar surface area (TPSA) is 62.2 Å². The number of hydrogen-bond acceptors (Lipinski definition) is 3. The Morgan fingerprint density at radius 3 is 2.50 bits per heavy atom. The Morgan fingerprint density at radius 2 is 1.85 bits per heavy atom. The zero-order valence-electron chi connectivity index (χ0n) is 11.2. The third kappa shape index (κ3) is 4.48. The largest absolute Gasteiger partial charge is 0.392 e. The SMILES string of the molecule is O=C(CCc1cccnc1)NCc1ccc(CO)cc1. The number of amides is 1. The minimum Gasteiger partial charge on any atom is -0.392 e. The lowest BCUT2D eigenvalue weighted by molar-refractivity contribution is -0.121. The number of hydrogen-bond donors (Lipinski definition) is 2. The van der Waals surface area contributed by atoms with Crippen LogP contribution in [0.2, 0.25) is 0 Å². The van der Waals surface area contributed by atoms with Gasteiger partial charge in [0.05, 0.1) is 6.61 Å². The number of aromatic nitrogens is 1. The van der Waals surface area contributed by atoms with Crippen LogP contribution in [0, 0.1) is 0 Å². The molecule has 0 spiro atoms. The van der Waals surface area contributed by atoms with Gasteiger partial charge in [-0.3, -0.25) is 9.78 Å². The van der Waals surface area contributed by atoms with Crippen LogP contribution in [0.5, 0.6) is 0 Å². The van der Waals surface area contributed by atoms with Crippen LogP contribution in [-0.2, 0) is 24.4 Å². The monoisotopic (exact) mass is 270 g/mol. The highest BCUT2D eigenvalue weighted by Crippen LogP contribution is 2.05.